The smallest absolute Gasteiger partial charge is 0.0233 e. The molecule has 1 aliphatic rings. The molecule has 0 heterocycles. The van der Waals surface area contributed by atoms with Crippen LogP contribution < -0.4 is 0 Å². The Balaban J connectivity index is 2.07. The molecule has 1 rings (SSSR count). The summed E-state index contributed by atoms with van der Waals surface area (Å²) >= 11 is 0. The van der Waals surface area contributed by atoms with E-state index in [-0.39, 0.29) is 0 Å². The minimum Gasteiger partial charge on any atom is -0.0917 e. The summed E-state index contributed by atoms with van der Waals surface area (Å²) < 4.78 is 0. The lowest BCUT2D eigenvalue weighted by atomic mass is 9.80. The molecule has 0 heteroatoms. The Morgan fingerprint density at radius 3 is 2.39 bits per heavy atom. The van der Waals surface area contributed by atoms with E-state index in [0.29, 0.717) is 0 Å². The normalized spacial score (nSPS) is 25.2. The number of hydrogen-bond donors (Lipinski definition) is 0. The van der Waals surface area contributed by atoms with Gasteiger partial charge in [-0.2, -0.15) is 0 Å². The van der Waals surface area contributed by atoms with Gasteiger partial charge in [0.05, 0.1) is 0 Å². The fourth-order valence-electron chi connectivity index (χ4n) is 2.97. The molecule has 0 radical (unpaired) electrons. The van der Waals surface area contributed by atoms with Gasteiger partial charge >= 0.3 is 0 Å². The number of hydrogen-bond acceptors (Lipinski definition) is 0. The molecular weight excluding hydrogens is 216 g/mol. The highest BCUT2D eigenvalue weighted by atomic mass is 14.2. The zero-order valence-corrected chi connectivity index (χ0v) is 12.5. The van der Waals surface area contributed by atoms with E-state index < -0.39 is 0 Å². The van der Waals surface area contributed by atoms with Crippen molar-refractivity contribution in [2.24, 2.45) is 11.8 Å². The van der Waals surface area contributed by atoms with E-state index in [9.17, 15) is 0 Å². The standard InChI is InChI=1S/C18H32/c1-3-5-7-8-10-12-18-15-13-17(14-16-18)11-9-6-4-2/h4,6,10,12,17-18H,3,5,7-9,11,13-16H2,1-2H3. The maximum atomic E-state index is 2.51. The molecule has 1 fully saturated rings. The van der Waals surface area contributed by atoms with Gasteiger partial charge in [-0.3, -0.25) is 0 Å². The average Bonchev–Trinajstić information content (AvgIpc) is 2.40. The molecule has 0 saturated heterocycles. The predicted molar refractivity (Wildman–Crippen MR) is 82.8 cm³/mol. The van der Waals surface area contributed by atoms with Gasteiger partial charge in [-0.15, -0.1) is 0 Å². The third-order valence-electron chi connectivity index (χ3n) is 4.25. The van der Waals surface area contributed by atoms with Gasteiger partial charge in [-0.25, -0.2) is 0 Å². The zero-order valence-electron chi connectivity index (χ0n) is 12.5. The van der Waals surface area contributed by atoms with Gasteiger partial charge in [-0.05, 0) is 70.1 Å². The van der Waals surface area contributed by atoms with Crippen LogP contribution in [-0.2, 0) is 0 Å². The Bertz CT molecular complexity index is 228. The molecule has 0 aromatic rings. The molecule has 0 amide bonds. The van der Waals surface area contributed by atoms with Crippen molar-refractivity contribution in [1.29, 1.82) is 0 Å². The second kappa shape index (κ2) is 10.4. The summed E-state index contributed by atoms with van der Waals surface area (Å²) in [6, 6.07) is 0. The third kappa shape index (κ3) is 7.03. The van der Waals surface area contributed by atoms with Crippen LogP contribution in [0.5, 0.6) is 0 Å². The molecule has 18 heavy (non-hydrogen) atoms. The maximum absolute atomic E-state index is 2.51. The number of allylic oxidation sites excluding steroid dienone is 4. The van der Waals surface area contributed by atoms with Gasteiger partial charge in [0.15, 0.2) is 0 Å². The van der Waals surface area contributed by atoms with Crippen LogP contribution in [0.25, 0.3) is 0 Å². The van der Waals surface area contributed by atoms with E-state index >= 15 is 0 Å². The quantitative estimate of drug-likeness (QED) is 0.350. The molecular formula is C18H32. The van der Waals surface area contributed by atoms with Gasteiger partial charge in [0.1, 0.15) is 0 Å². The SMILES string of the molecule is CC=CCCC1CCC(C=CCCCCC)CC1. The molecule has 0 spiro atoms. The molecule has 1 saturated carbocycles. The zero-order chi connectivity index (χ0) is 13.1. The maximum Gasteiger partial charge on any atom is -0.0233 e. The van der Waals surface area contributed by atoms with Crippen LogP contribution in [0.2, 0.25) is 0 Å². The lowest BCUT2D eigenvalue weighted by molar-refractivity contribution is 0.297. The molecule has 1 aliphatic carbocycles. The van der Waals surface area contributed by atoms with Gasteiger partial charge in [0.2, 0.25) is 0 Å². The molecule has 0 bridgehead atoms. The van der Waals surface area contributed by atoms with Gasteiger partial charge in [-0.1, -0.05) is 44.1 Å². The van der Waals surface area contributed by atoms with Crippen LogP contribution in [0.4, 0.5) is 0 Å². The fraction of sp³-hybridized carbons (Fsp3) is 0.778. The topological polar surface area (TPSA) is 0 Å². The number of rotatable bonds is 8. The first-order valence-corrected chi connectivity index (χ1v) is 8.14. The highest BCUT2D eigenvalue weighted by molar-refractivity contribution is 4.91. The summed E-state index contributed by atoms with van der Waals surface area (Å²) in [4.78, 5) is 0. The van der Waals surface area contributed by atoms with Crippen molar-refractivity contribution in [3.63, 3.8) is 0 Å². The summed E-state index contributed by atoms with van der Waals surface area (Å²) in [5, 5.41) is 0. The van der Waals surface area contributed by atoms with E-state index in [1.807, 2.05) is 0 Å². The molecule has 104 valence electrons. The molecule has 0 nitrogen and oxygen atoms in total. The van der Waals surface area contributed by atoms with Crippen molar-refractivity contribution in [2.45, 2.75) is 78.1 Å². The Labute approximate surface area is 115 Å². The van der Waals surface area contributed by atoms with Crippen LogP contribution in [0.1, 0.15) is 78.1 Å². The molecule has 0 aromatic heterocycles. The van der Waals surface area contributed by atoms with E-state index in [2.05, 4.69) is 38.2 Å². The van der Waals surface area contributed by atoms with E-state index in [1.54, 1.807) is 0 Å². The van der Waals surface area contributed by atoms with Crippen LogP contribution in [0, 0.1) is 11.8 Å². The van der Waals surface area contributed by atoms with Crippen molar-refractivity contribution in [2.75, 3.05) is 0 Å². The largest absolute Gasteiger partial charge is 0.0917 e. The first kappa shape index (κ1) is 15.5. The Morgan fingerprint density at radius 2 is 1.72 bits per heavy atom. The monoisotopic (exact) mass is 248 g/mol. The van der Waals surface area contributed by atoms with Crippen molar-refractivity contribution >= 4 is 0 Å². The summed E-state index contributed by atoms with van der Waals surface area (Å²) in [6.07, 6.45) is 23.4. The van der Waals surface area contributed by atoms with E-state index in [4.69, 9.17) is 0 Å². The summed E-state index contributed by atoms with van der Waals surface area (Å²) in [5.41, 5.74) is 0. The molecule has 0 unspecified atom stereocenters. The first-order valence-electron chi connectivity index (χ1n) is 8.14. The average molecular weight is 248 g/mol. The predicted octanol–water partition coefficient (Wildman–Crippen LogP) is 6.29. The summed E-state index contributed by atoms with van der Waals surface area (Å²) in [7, 11) is 0. The lowest BCUT2D eigenvalue weighted by Crippen LogP contribution is -2.12. The number of unbranched alkanes of at least 4 members (excludes halogenated alkanes) is 3. The van der Waals surface area contributed by atoms with Crippen LogP contribution in [0.15, 0.2) is 24.3 Å². The van der Waals surface area contributed by atoms with Crippen LogP contribution in [-0.4, -0.2) is 0 Å². The van der Waals surface area contributed by atoms with Crippen LogP contribution >= 0.6 is 0 Å². The minimum atomic E-state index is 0.893. The Hall–Kier alpha value is -0.520. The highest BCUT2D eigenvalue weighted by Crippen LogP contribution is 2.32. The van der Waals surface area contributed by atoms with Gasteiger partial charge < -0.3 is 0 Å². The Kier molecular flexibility index (Phi) is 8.98. The molecule has 0 aromatic carbocycles. The van der Waals surface area contributed by atoms with Crippen molar-refractivity contribution in [1.82, 2.24) is 0 Å². The minimum absolute atomic E-state index is 0.893. The molecule has 0 atom stereocenters. The second-order valence-electron chi connectivity index (χ2n) is 5.85. The third-order valence-corrected chi connectivity index (χ3v) is 4.25. The van der Waals surface area contributed by atoms with Gasteiger partial charge in [0, 0.05) is 0 Å². The Morgan fingerprint density at radius 1 is 0.944 bits per heavy atom. The summed E-state index contributed by atoms with van der Waals surface area (Å²) in [6.45, 7) is 4.40. The van der Waals surface area contributed by atoms with Crippen molar-refractivity contribution in [3.8, 4) is 0 Å². The highest BCUT2D eigenvalue weighted by Gasteiger charge is 2.18. The second-order valence-corrected chi connectivity index (χ2v) is 5.85. The van der Waals surface area contributed by atoms with E-state index in [0.717, 1.165) is 11.8 Å². The van der Waals surface area contributed by atoms with Gasteiger partial charge in [0.25, 0.3) is 0 Å². The lowest BCUT2D eigenvalue weighted by Gasteiger charge is -2.26. The van der Waals surface area contributed by atoms with Crippen molar-refractivity contribution in [3.05, 3.63) is 24.3 Å². The van der Waals surface area contributed by atoms with Crippen molar-refractivity contribution < 1.29 is 0 Å². The molecule has 0 N–H and O–H groups in total. The first-order chi connectivity index (χ1) is 8.86. The summed E-state index contributed by atoms with van der Waals surface area (Å²) in [5.74, 6) is 1.90. The molecule has 0 aliphatic heterocycles. The van der Waals surface area contributed by atoms with E-state index in [1.165, 1.54) is 64.2 Å². The van der Waals surface area contributed by atoms with Crippen LogP contribution in [0.3, 0.4) is 0 Å². The fourth-order valence-corrected chi connectivity index (χ4v) is 2.97.